The quantitative estimate of drug-likeness (QED) is 0.214. The van der Waals surface area contributed by atoms with Gasteiger partial charge < -0.3 is 5.11 Å². The molecule has 1 atom stereocenters. The molecule has 8 heteroatoms. The van der Waals surface area contributed by atoms with Crippen molar-refractivity contribution in [2.45, 2.75) is 19.4 Å². The van der Waals surface area contributed by atoms with E-state index < -0.39 is 28.4 Å². The number of amides is 1. The number of benzene rings is 2. The summed E-state index contributed by atoms with van der Waals surface area (Å²) in [6, 6.07) is 15.0. The predicted octanol–water partition coefficient (Wildman–Crippen LogP) is 4.18. The van der Waals surface area contributed by atoms with Crippen LogP contribution in [-0.4, -0.2) is 26.7 Å². The number of pyridine rings is 1. The number of carbonyl (C=O) groups is 2. The summed E-state index contributed by atoms with van der Waals surface area (Å²) in [4.78, 5) is 42.1. The number of non-ortho nitro benzene ring substituents is 1. The number of aliphatic hydroxyl groups is 1. The molecule has 1 fully saturated rings. The first-order valence-corrected chi connectivity index (χ1v) is 9.97. The molecular formula is C24H19N3O5. The first kappa shape index (κ1) is 20.9. The molecule has 8 nitrogen and oxygen atoms in total. The van der Waals surface area contributed by atoms with E-state index in [4.69, 9.17) is 0 Å². The van der Waals surface area contributed by atoms with Crippen molar-refractivity contribution in [3.8, 4) is 0 Å². The molecule has 1 unspecified atom stereocenters. The Bertz CT molecular complexity index is 1240. The van der Waals surface area contributed by atoms with Gasteiger partial charge in [0.05, 0.1) is 16.5 Å². The van der Waals surface area contributed by atoms with Gasteiger partial charge in [-0.25, -0.2) is 0 Å². The second kappa shape index (κ2) is 8.43. The van der Waals surface area contributed by atoms with E-state index >= 15 is 0 Å². The van der Waals surface area contributed by atoms with Crippen LogP contribution in [0.4, 0.5) is 11.4 Å². The molecule has 4 rings (SSSR count). The number of nitrogens with zero attached hydrogens (tertiary/aromatic N) is 3. The van der Waals surface area contributed by atoms with E-state index in [1.54, 1.807) is 30.5 Å². The molecule has 0 radical (unpaired) electrons. The zero-order chi connectivity index (χ0) is 22.8. The Morgan fingerprint density at radius 1 is 1.12 bits per heavy atom. The lowest BCUT2D eigenvalue weighted by Crippen LogP contribution is -2.29. The fraction of sp³-hybridized carbons (Fsp3) is 0.125. The van der Waals surface area contributed by atoms with Crippen LogP contribution < -0.4 is 4.90 Å². The van der Waals surface area contributed by atoms with Gasteiger partial charge in [0.2, 0.25) is 0 Å². The molecule has 0 spiro atoms. The van der Waals surface area contributed by atoms with Gasteiger partial charge in [0.1, 0.15) is 5.76 Å². The van der Waals surface area contributed by atoms with E-state index in [2.05, 4.69) is 4.98 Å². The maximum absolute atomic E-state index is 13.1. The van der Waals surface area contributed by atoms with Crippen molar-refractivity contribution in [2.24, 2.45) is 0 Å². The molecule has 160 valence electrons. The van der Waals surface area contributed by atoms with Gasteiger partial charge in [-0.05, 0) is 35.7 Å². The largest absolute Gasteiger partial charge is 0.507 e. The van der Waals surface area contributed by atoms with E-state index in [9.17, 15) is 24.8 Å². The highest BCUT2D eigenvalue weighted by Gasteiger charge is 2.47. The third-order valence-electron chi connectivity index (χ3n) is 5.40. The zero-order valence-electron chi connectivity index (χ0n) is 17.1. The van der Waals surface area contributed by atoms with Gasteiger partial charge in [0, 0.05) is 35.8 Å². The van der Waals surface area contributed by atoms with Crippen LogP contribution in [0.25, 0.3) is 5.76 Å². The van der Waals surface area contributed by atoms with Crippen molar-refractivity contribution in [1.29, 1.82) is 0 Å². The summed E-state index contributed by atoms with van der Waals surface area (Å²) in [6.45, 7) is 2.01. The molecule has 32 heavy (non-hydrogen) atoms. The van der Waals surface area contributed by atoms with E-state index in [1.807, 2.05) is 19.1 Å². The van der Waals surface area contributed by atoms with Gasteiger partial charge in [-0.15, -0.1) is 0 Å². The molecule has 0 saturated carbocycles. The number of ketones is 1. The Morgan fingerprint density at radius 2 is 1.88 bits per heavy atom. The maximum Gasteiger partial charge on any atom is 0.300 e. The standard InChI is InChI=1S/C24H19N3O5/c1-2-15-8-10-18(11-9-15)26-21(17-6-4-12-25-14-17)20(23(29)24(26)30)22(28)16-5-3-7-19(13-16)27(31)32/h3-14,21,28H,2H2,1H3/b22-20-. The van der Waals surface area contributed by atoms with E-state index in [-0.39, 0.29) is 16.8 Å². The van der Waals surface area contributed by atoms with Crippen molar-refractivity contribution in [1.82, 2.24) is 4.98 Å². The molecule has 0 aliphatic carbocycles. The highest BCUT2D eigenvalue weighted by molar-refractivity contribution is 6.51. The topological polar surface area (TPSA) is 114 Å². The number of hydrogen-bond acceptors (Lipinski definition) is 6. The molecule has 0 bridgehead atoms. The molecule has 1 saturated heterocycles. The van der Waals surface area contributed by atoms with Crippen molar-refractivity contribution >= 4 is 28.8 Å². The lowest BCUT2D eigenvalue weighted by Gasteiger charge is -2.25. The van der Waals surface area contributed by atoms with Gasteiger partial charge in [-0.3, -0.25) is 29.6 Å². The van der Waals surface area contributed by atoms with Gasteiger partial charge in [0.25, 0.3) is 17.4 Å². The first-order valence-electron chi connectivity index (χ1n) is 9.97. The smallest absolute Gasteiger partial charge is 0.300 e. The van der Waals surface area contributed by atoms with Gasteiger partial charge in [0.15, 0.2) is 0 Å². The van der Waals surface area contributed by atoms with E-state index in [0.717, 1.165) is 12.0 Å². The summed E-state index contributed by atoms with van der Waals surface area (Å²) in [5.74, 6) is -2.15. The zero-order valence-corrected chi connectivity index (χ0v) is 17.1. The fourth-order valence-electron chi connectivity index (χ4n) is 3.77. The Balaban J connectivity index is 1.91. The Hall–Kier alpha value is -4.33. The number of hydrogen-bond donors (Lipinski definition) is 1. The van der Waals surface area contributed by atoms with E-state index in [1.165, 1.54) is 35.4 Å². The minimum Gasteiger partial charge on any atom is -0.507 e. The Kier molecular flexibility index (Phi) is 5.51. The normalized spacial score (nSPS) is 17.5. The molecule has 3 aromatic rings. The number of Topliss-reactive ketones (excluding diaryl/α,β-unsaturated/α-hetero) is 1. The Labute approximate surface area is 183 Å². The lowest BCUT2D eigenvalue weighted by atomic mass is 9.96. The van der Waals surface area contributed by atoms with Gasteiger partial charge in [-0.1, -0.05) is 37.3 Å². The molecular weight excluding hydrogens is 410 g/mol. The molecule has 2 aromatic carbocycles. The minimum absolute atomic E-state index is 0.0763. The summed E-state index contributed by atoms with van der Waals surface area (Å²) in [5.41, 5.74) is 1.78. The lowest BCUT2D eigenvalue weighted by molar-refractivity contribution is -0.384. The number of nitro benzene ring substituents is 1. The molecule has 1 aromatic heterocycles. The summed E-state index contributed by atoms with van der Waals surface area (Å²) in [7, 11) is 0. The van der Waals surface area contributed by atoms with Gasteiger partial charge in [-0.2, -0.15) is 0 Å². The second-order valence-electron chi connectivity index (χ2n) is 7.28. The van der Waals surface area contributed by atoms with Crippen molar-refractivity contribution in [3.05, 3.63) is 105 Å². The molecule has 1 aliphatic rings. The van der Waals surface area contributed by atoms with Crippen LogP contribution in [0.15, 0.2) is 78.6 Å². The predicted molar refractivity (Wildman–Crippen MR) is 118 cm³/mol. The van der Waals surface area contributed by atoms with Crippen LogP contribution in [0.5, 0.6) is 0 Å². The number of carbonyl (C=O) groups excluding carboxylic acids is 2. The van der Waals surface area contributed by atoms with Crippen molar-refractivity contribution in [3.63, 3.8) is 0 Å². The highest BCUT2D eigenvalue weighted by atomic mass is 16.6. The summed E-state index contributed by atoms with van der Waals surface area (Å²) in [6.07, 6.45) is 3.90. The number of aryl methyl sites for hydroxylation is 1. The monoisotopic (exact) mass is 429 g/mol. The third-order valence-corrected chi connectivity index (χ3v) is 5.40. The fourth-order valence-corrected chi connectivity index (χ4v) is 3.77. The van der Waals surface area contributed by atoms with Crippen LogP contribution in [-0.2, 0) is 16.0 Å². The van der Waals surface area contributed by atoms with Crippen molar-refractivity contribution in [2.75, 3.05) is 4.90 Å². The number of nitro groups is 1. The van der Waals surface area contributed by atoms with Crippen LogP contribution in [0.2, 0.25) is 0 Å². The van der Waals surface area contributed by atoms with Crippen LogP contribution in [0, 0.1) is 10.1 Å². The summed E-state index contributed by atoms with van der Waals surface area (Å²) >= 11 is 0. The number of anilines is 1. The molecule has 1 aliphatic heterocycles. The molecule has 1 amide bonds. The average Bonchev–Trinajstić information content (AvgIpc) is 3.09. The number of aliphatic hydroxyl groups excluding tert-OH is 1. The maximum atomic E-state index is 13.1. The Morgan fingerprint density at radius 3 is 2.50 bits per heavy atom. The molecule has 2 heterocycles. The average molecular weight is 429 g/mol. The van der Waals surface area contributed by atoms with Crippen LogP contribution in [0.1, 0.15) is 29.7 Å². The SMILES string of the molecule is CCc1ccc(N2C(=O)C(=O)/C(=C(\O)c3cccc([N+](=O)[O-])c3)C2c2cccnc2)cc1. The summed E-state index contributed by atoms with van der Waals surface area (Å²) in [5, 5.41) is 22.2. The number of rotatable bonds is 5. The number of aromatic nitrogens is 1. The van der Waals surface area contributed by atoms with Crippen LogP contribution >= 0.6 is 0 Å². The van der Waals surface area contributed by atoms with Crippen molar-refractivity contribution < 1.29 is 19.6 Å². The highest BCUT2D eigenvalue weighted by Crippen LogP contribution is 2.42. The molecule has 1 N–H and O–H groups in total. The third kappa shape index (κ3) is 3.62. The second-order valence-corrected chi connectivity index (χ2v) is 7.28. The van der Waals surface area contributed by atoms with Gasteiger partial charge >= 0.3 is 0 Å². The minimum atomic E-state index is -0.935. The summed E-state index contributed by atoms with van der Waals surface area (Å²) < 4.78 is 0. The van der Waals surface area contributed by atoms with Crippen LogP contribution in [0.3, 0.4) is 0 Å². The first-order chi connectivity index (χ1) is 15.4. The van der Waals surface area contributed by atoms with E-state index in [0.29, 0.717) is 11.3 Å².